The van der Waals surface area contributed by atoms with Gasteiger partial charge in [0, 0.05) is 16.1 Å². The van der Waals surface area contributed by atoms with Gasteiger partial charge in [-0.3, -0.25) is 4.79 Å². The number of hydrogen-bond acceptors (Lipinski definition) is 1. The lowest BCUT2D eigenvalue weighted by molar-refractivity contribution is 0.0926. The van der Waals surface area contributed by atoms with Gasteiger partial charge in [-0.1, -0.05) is 35.8 Å². The summed E-state index contributed by atoms with van der Waals surface area (Å²) in [5, 5.41) is 3.18. The minimum atomic E-state index is 0.0553. The molecule has 1 aromatic rings. The van der Waals surface area contributed by atoms with Gasteiger partial charge in [0.05, 0.1) is 0 Å². The zero-order valence-corrected chi connectivity index (χ0v) is 12.8. The van der Waals surface area contributed by atoms with Crippen molar-refractivity contribution >= 4 is 21.8 Å². The third-order valence-electron chi connectivity index (χ3n) is 4.23. The highest BCUT2D eigenvalue weighted by molar-refractivity contribution is 9.10. The first-order valence-electron chi connectivity index (χ1n) is 6.56. The summed E-state index contributed by atoms with van der Waals surface area (Å²) in [7, 11) is 0. The number of nitrogens with one attached hydrogen (secondary N) is 1. The highest BCUT2D eigenvalue weighted by Crippen LogP contribution is 2.31. The molecule has 0 saturated heterocycles. The molecule has 1 aliphatic rings. The Morgan fingerprint density at radius 2 is 2.06 bits per heavy atom. The van der Waals surface area contributed by atoms with E-state index in [9.17, 15) is 4.79 Å². The van der Waals surface area contributed by atoms with Gasteiger partial charge in [0.2, 0.25) is 0 Å². The van der Waals surface area contributed by atoms with Crippen molar-refractivity contribution in [2.45, 2.75) is 39.7 Å². The molecule has 3 unspecified atom stereocenters. The second-order valence-electron chi connectivity index (χ2n) is 5.45. The van der Waals surface area contributed by atoms with Crippen LogP contribution in [-0.4, -0.2) is 11.9 Å². The fraction of sp³-hybridized carbons (Fsp3) is 0.533. The topological polar surface area (TPSA) is 29.1 Å². The summed E-state index contributed by atoms with van der Waals surface area (Å²) in [6.45, 7) is 6.47. The van der Waals surface area contributed by atoms with Gasteiger partial charge in [-0.15, -0.1) is 0 Å². The maximum absolute atomic E-state index is 12.3. The van der Waals surface area contributed by atoms with E-state index in [2.05, 4.69) is 35.1 Å². The number of rotatable bonds is 2. The summed E-state index contributed by atoms with van der Waals surface area (Å²) in [4.78, 5) is 12.3. The lowest BCUT2D eigenvalue weighted by Crippen LogP contribution is -2.37. The van der Waals surface area contributed by atoms with Gasteiger partial charge in [-0.05, 0) is 49.3 Å². The van der Waals surface area contributed by atoms with Crippen molar-refractivity contribution in [2.75, 3.05) is 0 Å². The van der Waals surface area contributed by atoms with Crippen LogP contribution in [0.25, 0.3) is 0 Å². The third-order valence-corrected chi connectivity index (χ3v) is 4.72. The second kappa shape index (κ2) is 5.43. The molecule has 1 N–H and O–H groups in total. The molecule has 18 heavy (non-hydrogen) atoms. The minimum absolute atomic E-state index is 0.0553. The van der Waals surface area contributed by atoms with Crippen molar-refractivity contribution in [3.05, 3.63) is 33.8 Å². The summed E-state index contributed by atoms with van der Waals surface area (Å²) in [5.74, 6) is 1.33. The number of hydrogen-bond donors (Lipinski definition) is 1. The van der Waals surface area contributed by atoms with Crippen LogP contribution in [0.4, 0.5) is 0 Å². The van der Waals surface area contributed by atoms with E-state index in [0.717, 1.165) is 22.0 Å². The molecule has 0 heterocycles. The molecular formula is C15H20BrNO. The molecule has 98 valence electrons. The predicted molar refractivity (Wildman–Crippen MR) is 77.7 cm³/mol. The molecule has 1 saturated carbocycles. The molecule has 0 aromatic heterocycles. The zero-order valence-electron chi connectivity index (χ0n) is 11.2. The normalized spacial score (nSPS) is 27.2. The fourth-order valence-electron chi connectivity index (χ4n) is 2.65. The summed E-state index contributed by atoms with van der Waals surface area (Å²) in [5.41, 5.74) is 1.80. The van der Waals surface area contributed by atoms with Crippen molar-refractivity contribution in [3.8, 4) is 0 Å². The Morgan fingerprint density at radius 1 is 1.33 bits per heavy atom. The molecule has 1 amide bonds. The number of carbonyl (C=O) groups excluding carboxylic acids is 1. The van der Waals surface area contributed by atoms with Crippen LogP contribution in [-0.2, 0) is 0 Å². The van der Waals surface area contributed by atoms with Gasteiger partial charge in [0.25, 0.3) is 5.91 Å². The molecule has 2 rings (SSSR count). The number of amides is 1. The summed E-state index contributed by atoms with van der Waals surface area (Å²) < 4.78 is 0.950. The molecule has 3 atom stereocenters. The van der Waals surface area contributed by atoms with Gasteiger partial charge in [-0.25, -0.2) is 0 Å². The molecule has 2 nitrogen and oxygen atoms in total. The molecule has 0 bridgehead atoms. The van der Waals surface area contributed by atoms with Crippen LogP contribution in [0.15, 0.2) is 22.7 Å². The number of halogens is 1. The number of benzene rings is 1. The SMILES string of the molecule is Cc1ccc(Br)cc1C(=O)NC1CCC(C)C1C. The molecule has 1 fully saturated rings. The average molecular weight is 310 g/mol. The summed E-state index contributed by atoms with van der Waals surface area (Å²) in [6, 6.07) is 6.16. The lowest BCUT2D eigenvalue weighted by Gasteiger charge is -2.20. The van der Waals surface area contributed by atoms with Crippen molar-refractivity contribution in [1.82, 2.24) is 5.32 Å². The maximum Gasteiger partial charge on any atom is 0.251 e. The van der Waals surface area contributed by atoms with E-state index in [1.165, 1.54) is 6.42 Å². The van der Waals surface area contributed by atoms with Gasteiger partial charge < -0.3 is 5.32 Å². The van der Waals surface area contributed by atoms with Crippen LogP contribution in [0.2, 0.25) is 0 Å². The molecule has 1 aliphatic carbocycles. The van der Waals surface area contributed by atoms with Crippen LogP contribution in [0.1, 0.15) is 42.6 Å². The standard InChI is InChI=1S/C15H20BrNO/c1-9-5-7-14(11(9)3)17-15(18)13-8-12(16)6-4-10(13)2/h4,6,8-9,11,14H,5,7H2,1-3H3,(H,17,18). The van der Waals surface area contributed by atoms with Crippen LogP contribution in [0.3, 0.4) is 0 Å². The van der Waals surface area contributed by atoms with Crippen LogP contribution in [0.5, 0.6) is 0 Å². The van der Waals surface area contributed by atoms with E-state index in [1.807, 2.05) is 25.1 Å². The van der Waals surface area contributed by atoms with Crippen molar-refractivity contribution < 1.29 is 4.79 Å². The highest BCUT2D eigenvalue weighted by Gasteiger charge is 2.31. The fourth-order valence-corrected chi connectivity index (χ4v) is 3.01. The Bertz CT molecular complexity index is 458. The summed E-state index contributed by atoms with van der Waals surface area (Å²) in [6.07, 6.45) is 2.31. The van der Waals surface area contributed by atoms with Crippen LogP contribution >= 0.6 is 15.9 Å². The van der Waals surface area contributed by atoms with Crippen molar-refractivity contribution in [1.29, 1.82) is 0 Å². The molecule has 0 radical (unpaired) electrons. The van der Waals surface area contributed by atoms with Gasteiger partial charge in [0.1, 0.15) is 0 Å². The van der Waals surface area contributed by atoms with E-state index >= 15 is 0 Å². The van der Waals surface area contributed by atoms with E-state index in [0.29, 0.717) is 17.9 Å². The Labute approximate surface area is 117 Å². The van der Waals surface area contributed by atoms with E-state index in [4.69, 9.17) is 0 Å². The first kappa shape index (κ1) is 13.6. The van der Waals surface area contributed by atoms with Crippen LogP contribution in [0, 0.1) is 18.8 Å². The minimum Gasteiger partial charge on any atom is -0.349 e. The van der Waals surface area contributed by atoms with E-state index in [-0.39, 0.29) is 5.91 Å². The smallest absolute Gasteiger partial charge is 0.251 e. The zero-order chi connectivity index (χ0) is 13.3. The molecule has 3 heteroatoms. The van der Waals surface area contributed by atoms with Gasteiger partial charge in [0.15, 0.2) is 0 Å². The molecule has 0 spiro atoms. The van der Waals surface area contributed by atoms with Crippen molar-refractivity contribution in [3.63, 3.8) is 0 Å². The Kier molecular flexibility index (Phi) is 4.10. The summed E-state index contributed by atoms with van der Waals surface area (Å²) >= 11 is 3.42. The second-order valence-corrected chi connectivity index (χ2v) is 6.37. The predicted octanol–water partition coefficient (Wildman–Crippen LogP) is 3.92. The Morgan fingerprint density at radius 3 is 2.67 bits per heavy atom. The van der Waals surface area contributed by atoms with Gasteiger partial charge in [-0.2, -0.15) is 0 Å². The number of carbonyl (C=O) groups is 1. The highest BCUT2D eigenvalue weighted by atomic mass is 79.9. The first-order valence-corrected chi connectivity index (χ1v) is 7.35. The van der Waals surface area contributed by atoms with Gasteiger partial charge >= 0.3 is 0 Å². The maximum atomic E-state index is 12.3. The van der Waals surface area contributed by atoms with Crippen molar-refractivity contribution in [2.24, 2.45) is 11.8 Å². The molecular weight excluding hydrogens is 290 g/mol. The quantitative estimate of drug-likeness (QED) is 0.881. The van der Waals surface area contributed by atoms with Crippen LogP contribution < -0.4 is 5.32 Å². The Hall–Kier alpha value is -0.830. The monoisotopic (exact) mass is 309 g/mol. The lowest BCUT2D eigenvalue weighted by atomic mass is 9.97. The van der Waals surface area contributed by atoms with E-state index < -0.39 is 0 Å². The first-order chi connectivity index (χ1) is 8.49. The van der Waals surface area contributed by atoms with E-state index in [1.54, 1.807) is 0 Å². The largest absolute Gasteiger partial charge is 0.349 e. The molecule has 0 aliphatic heterocycles. The third kappa shape index (κ3) is 2.77. The average Bonchev–Trinajstić information content (AvgIpc) is 2.64. The number of aryl methyl sites for hydroxylation is 1. The molecule has 1 aromatic carbocycles. The Balaban J connectivity index is 2.10.